The van der Waals surface area contributed by atoms with Crippen molar-refractivity contribution in [1.82, 2.24) is 19.7 Å². The van der Waals surface area contributed by atoms with Crippen LogP contribution >= 0.6 is 11.3 Å². The van der Waals surface area contributed by atoms with E-state index in [1.165, 1.54) is 21.9 Å². The van der Waals surface area contributed by atoms with Crippen LogP contribution in [0, 0.1) is 13.8 Å². The third-order valence-electron chi connectivity index (χ3n) is 6.28. The second-order valence-electron chi connectivity index (χ2n) is 10.3. The first kappa shape index (κ1) is 28.8. The number of sulfonamides is 1. The molecule has 10 nitrogen and oxygen atoms in total. The highest BCUT2D eigenvalue weighted by Crippen LogP contribution is 2.39. The smallest absolute Gasteiger partial charge is 0.246 e. The Morgan fingerprint density at radius 2 is 1.74 bits per heavy atom. The van der Waals surface area contributed by atoms with E-state index in [0.29, 0.717) is 35.2 Å². The molecule has 0 aliphatic rings. The van der Waals surface area contributed by atoms with Crippen molar-refractivity contribution in [3.05, 3.63) is 52.2 Å². The van der Waals surface area contributed by atoms with Crippen molar-refractivity contribution in [2.45, 2.75) is 46.0 Å². The summed E-state index contributed by atoms with van der Waals surface area (Å²) in [7, 11) is -2.38. The quantitative estimate of drug-likeness (QED) is 0.204. The molecule has 0 unspecified atom stereocenters. The van der Waals surface area contributed by atoms with Gasteiger partial charge in [-0.25, -0.2) is 17.7 Å². The monoisotopic (exact) mass is 589 g/mol. The number of thiazole rings is 1. The SMILES string of the molecule is COc1cccc(OC)c1-n1c(-c2ccco2)nnc1N(CC[Si](C)(C)C)S(=O)(=O)CCc1nc(C)c(C)s1. The number of aryl methyl sites for hydroxylation is 3. The van der Waals surface area contributed by atoms with Gasteiger partial charge in [-0.1, -0.05) is 25.7 Å². The summed E-state index contributed by atoms with van der Waals surface area (Å²) >= 11 is 1.53. The Morgan fingerprint density at radius 3 is 2.28 bits per heavy atom. The van der Waals surface area contributed by atoms with Gasteiger partial charge in [0.15, 0.2) is 5.76 Å². The van der Waals surface area contributed by atoms with Gasteiger partial charge in [-0.2, -0.15) is 0 Å². The minimum atomic E-state index is -3.84. The molecule has 0 aliphatic heterocycles. The molecule has 0 atom stereocenters. The molecule has 0 radical (unpaired) electrons. The second kappa shape index (κ2) is 11.5. The van der Waals surface area contributed by atoms with Crippen molar-refractivity contribution in [2.75, 3.05) is 30.8 Å². The zero-order chi connectivity index (χ0) is 28.4. The molecule has 0 spiro atoms. The Labute approximate surface area is 234 Å². The summed E-state index contributed by atoms with van der Waals surface area (Å²) in [6.07, 6.45) is 1.84. The fraction of sp³-hybridized carbons (Fsp3) is 0.423. The van der Waals surface area contributed by atoms with Crippen LogP contribution in [0.5, 0.6) is 11.5 Å². The normalized spacial score (nSPS) is 12.1. The lowest BCUT2D eigenvalue weighted by atomic mass is 10.2. The van der Waals surface area contributed by atoms with Gasteiger partial charge in [0.25, 0.3) is 0 Å². The standard InChI is InChI=1S/C26H35N5O5S2Si/c1-18-19(2)37-23(27-18)13-16-38(32,33)30(14-17-39(5,6)7)26-29-28-25(22-12-9-15-36-22)31(26)24-20(34-3)10-8-11-21(24)35-4/h8-12,15H,13-14,16-17H2,1-7H3. The van der Waals surface area contributed by atoms with Crippen molar-refractivity contribution >= 4 is 35.4 Å². The Morgan fingerprint density at radius 1 is 1.05 bits per heavy atom. The Kier molecular flexibility index (Phi) is 8.52. The molecule has 0 fully saturated rings. The van der Waals surface area contributed by atoms with E-state index in [4.69, 9.17) is 13.9 Å². The summed E-state index contributed by atoms with van der Waals surface area (Å²) in [6, 6.07) is 9.58. The largest absolute Gasteiger partial charge is 0.494 e. The van der Waals surface area contributed by atoms with Crippen molar-refractivity contribution in [1.29, 1.82) is 0 Å². The topological polar surface area (TPSA) is 113 Å². The first-order valence-corrected chi connectivity index (χ1v) is 18.7. The van der Waals surface area contributed by atoms with Gasteiger partial charge in [0.2, 0.25) is 21.8 Å². The van der Waals surface area contributed by atoms with E-state index in [2.05, 4.69) is 34.8 Å². The molecule has 4 aromatic rings. The van der Waals surface area contributed by atoms with Crippen LogP contribution in [0.15, 0.2) is 41.0 Å². The lowest BCUT2D eigenvalue weighted by Crippen LogP contribution is -2.39. The van der Waals surface area contributed by atoms with Gasteiger partial charge in [-0.05, 0) is 44.2 Å². The molecule has 1 aromatic carbocycles. The number of ether oxygens (including phenoxy) is 2. The van der Waals surface area contributed by atoms with Crippen LogP contribution in [0.25, 0.3) is 17.3 Å². The molecule has 3 aromatic heterocycles. The van der Waals surface area contributed by atoms with E-state index in [1.807, 2.05) is 13.8 Å². The maximum atomic E-state index is 14.1. The molecule has 0 N–H and O–H groups in total. The van der Waals surface area contributed by atoms with Crippen molar-refractivity contribution in [2.24, 2.45) is 0 Å². The predicted molar refractivity (Wildman–Crippen MR) is 157 cm³/mol. The number of methoxy groups -OCH3 is 2. The lowest BCUT2D eigenvalue weighted by Gasteiger charge is -2.27. The summed E-state index contributed by atoms with van der Waals surface area (Å²) in [5.41, 5.74) is 1.40. The molecule has 0 bridgehead atoms. The minimum Gasteiger partial charge on any atom is -0.494 e. The number of benzene rings is 1. The number of aromatic nitrogens is 4. The van der Waals surface area contributed by atoms with Gasteiger partial charge in [-0.15, -0.1) is 21.5 Å². The molecule has 13 heteroatoms. The fourth-order valence-electron chi connectivity index (χ4n) is 4.03. The third kappa shape index (κ3) is 6.36. The van der Waals surface area contributed by atoms with Gasteiger partial charge < -0.3 is 13.9 Å². The molecule has 210 valence electrons. The van der Waals surface area contributed by atoms with Crippen molar-refractivity contribution < 1.29 is 22.3 Å². The fourth-order valence-corrected chi connectivity index (χ4v) is 7.56. The predicted octanol–water partition coefficient (Wildman–Crippen LogP) is 5.33. The van der Waals surface area contributed by atoms with Crippen LogP contribution in [0.4, 0.5) is 5.95 Å². The molecule has 0 amide bonds. The average molecular weight is 590 g/mol. The Balaban J connectivity index is 1.88. The Bertz CT molecular complexity index is 1480. The van der Waals surface area contributed by atoms with Crippen LogP contribution in [-0.4, -0.2) is 62.8 Å². The minimum absolute atomic E-state index is 0.114. The molecule has 0 aliphatic carbocycles. The summed E-state index contributed by atoms with van der Waals surface area (Å²) < 4.78 is 48.2. The third-order valence-corrected chi connectivity index (χ3v) is 10.9. The van der Waals surface area contributed by atoms with Gasteiger partial charge in [-0.3, -0.25) is 4.57 Å². The highest BCUT2D eigenvalue weighted by Gasteiger charge is 2.33. The molecular weight excluding hydrogens is 555 g/mol. The van der Waals surface area contributed by atoms with Gasteiger partial charge in [0, 0.05) is 25.9 Å². The maximum absolute atomic E-state index is 14.1. The number of hydrogen-bond donors (Lipinski definition) is 0. The lowest BCUT2D eigenvalue weighted by molar-refractivity contribution is 0.391. The molecule has 0 saturated carbocycles. The van der Waals surface area contributed by atoms with Crippen molar-refractivity contribution in [3.8, 4) is 28.8 Å². The Hall–Kier alpha value is -3.16. The second-order valence-corrected chi connectivity index (χ2v) is 19.3. The zero-order valence-electron chi connectivity index (χ0n) is 23.4. The summed E-state index contributed by atoms with van der Waals surface area (Å²) in [4.78, 5) is 5.63. The average Bonchev–Trinajstić information content (AvgIpc) is 3.62. The maximum Gasteiger partial charge on any atom is 0.246 e. The molecule has 39 heavy (non-hydrogen) atoms. The number of nitrogens with zero attached hydrogens (tertiary/aromatic N) is 5. The van der Waals surface area contributed by atoms with Crippen LogP contribution in [0.1, 0.15) is 15.6 Å². The highest BCUT2D eigenvalue weighted by molar-refractivity contribution is 7.92. The first-order chi connectivity index (χ1) is 18.4. The van der Waals surface area contributed by atoms with Crippen molar-refractivity contribution in [3.63, 3.8) is 0 Å². The number of furan rings is 1. The highest BCUT2D eigenvalue weighted by atomic mass is 32.2. The van der Waals surface area contributed by atoms with Gasteiger partial charge in [0.05, 0.1) is 36.9 Å². The van der Waals surface area contributed by atoms with E-state index in [-0.39, 0.29) is 18.2 Å². The van der Waals surface area contributed by atoms with E-state index in [1.54, 1.807) is 49.1 Å². The van der Waals surface area contributed by atoms with E-state index >= 15 is 0 Å². The zero-order valence-corrected chi connectivity index (χ0v) is 26.0. The summed E-state index contributed by atoms with van der Waals surface area (Å²) in [5.74, 6) is 1.74. The first-order valence-electron chi connectivity index (χ1n) is 12.6. The van der Waals surface area contributed by atoms with Crippen LogP contribution in [-0.2, 0) is 16.4 Å². The van der Waals surface area contributed by atoms with E-state index < -0.39 is 18.1 Å². The number of para-hydroxylation sites is 1. The molecule has 0 saturated heterocycles. The summed E-state index contributed by atoms with van der Waals surface area (Å²) in [5, 5.41) is 9.63. The molecule has 3 heterocycles. The number of anilines is 1. The van der Waals surface area contributed by atoms with Crippen LogP contribution in [0.3, 0.4) is 0 Å². The number of rotatable bonds is 12. The van der Waals surface area contributed by atoms with E-state index in [9.17, 15) is 8.42 Å². The van der Waals surface area contributed by atoms with Gasteiger partial charge in [0.1, 0.15) is 17.2 Å². The number of hydrogen-bond acceptors (Lipinski definition) is 9. The van der Waals surface area contributed by atoms with Crippen LogP contribution < -0.4 is 13.8 Å². The molecule has 4 rings (SSSR count). The van der Waals surface area contributed by atoms with Crippen LogP contribution in [0.2, 0.25) is 25.7 Å². The van der Waals surface area contributed by atoms with E-state index in [0.717, 1.165) is 21.6 Å². The summed E-state index contributed by atoms with van der Waals surface area (Å²) in [6.45, 7) is 10.8. The molecular formula is C26H35N5O5S2Si. The van der Waals surface area contributed by atoms with Gasteiger partial charge >= 0.3 is 0 Å².